The zero-order valence-electron chi connectivity index (χ0n) is 13.3. The van der Waals surface area contributed by atoms with Crippen molar-refractivity contribution < 1.29 is 14.2 Å². The fraction of sp³-hybridized carbons (Fsp3) is 0.333. The van der Waals surface area contributed by atoms with Crippen LogP contribution in [0.15, 0.2) is 46.9 Å². The average Bonchev–Trinajstić information content (AvgIpc) is 2.53. The molecular weight excluding hydrogens is 361 g/mol. The van der Waals surface area contributed by atoms with Crippen LogP contribution in [0.2, 0.25) is 0 Å². The molecule has 0 radical (unpaired) electrons. The molecule has 0 aromatic heterocycles. The summed E-state index contributed by atoms with van der Waals surface area (Å²) < 4.78 is 19.8. The number of hydrogen-bond acceptors (Lipinski definition) is 3. The van der Waals surface area contributed by atoms with Crippen LogP contribution in [0.4, 0.5) is 4.39 Å². The Hall–Kier alpha value is -1.43. The number of rotatable bonds is 7. The molecule has 124 valence electrons. The van der Waals surface area contributed by atoms with Crippen LogP contribution < -0.4 is 10.1 Å². The summed E-state index contributed by atoms with van der Waals surface area (Å²) in [5.41, 5.74) is 1.53. The topological polar surface area (TPSA) is 41.5 Å². The molecule has 2 aromatic rings. The summed E-state index contributed by atoms with van der Waals surface area (Å²) in [6.07, 6.45) is 0. The van der Waals surface area contributed by atoms with E-state index in [9.17, 15) is 9.50 Å². The number of ether oxygens (including phenoxy) is 1. The Morgan fingerprint density at radius 3 is 2.52 bits per heavy atom. The van der Waals surface area contributed by atoms with Gasteiger partial charge >= 0.3 is 0 Å². The first kappa shape index (κ1) is 17.9. The monoisotopic (exact) mass is 381 g/mol. The van der Waals surface area contributed by atoms with Gasteiger partial charge in [0.2, 0.25) is 0 Å². The van der Waals surface area contributed by atoms with Crippen molar-refractivity contribution in [3.8, 4) is 5.75 Å². The van der Waals surface area contributed by atoms with E-state index >= 15 is 0 Å². The highest BCUT2D eigenvalue weighted by molar-refractivity contribution is 9.10. The molecule has 0 saturated carbocycles. The van der Waals surface area contributed by atoms with Crippen molar-refractivity contribution in [1.82, 2.24) is 5.32 Å². The van der Waals surface area contributed by atoms with Crippen LogP contribution in [-0.2, 0) is 13.2 Å². The minimum atomic E-state index is -0.365. The summed E-state index contributed by atoms with van der Waals surface area (Å²) in [5, 5.41) is 12.6. The summed E-state index contributed by atoms with van der Waals surface area (Å²) in [6.45, 7) is 4.87. The maximum Gasteiger partial charge on any atom is 0.124 e. The zero-order chi connectivity index (χ0) is 16.9. The Morgan fingerprint density at radius 2 is 1.87 bits per heavy atom. The van der Waals surface area contributed by atoms with Crippen molar-refractivity contribution in [2.24, 2.45) is 0 Å². The highest BCUT2D eigenvalue weighted by Gasteiger charge is 2.16. The number of aliphatic hydroxyl groups excluding tert-OH is 1. The lowest BCUT2D eigenvalue weighted by molar-refractivity contribution is 0.186. The lowest BCUT2D eigenvalue weighted by atomic mass is 10.1. The molecule has 2 aromatic carbocycles. The molecule has 5 heteroatoms. The molecule has 0 aliphatic heterocycles. The van der Waals surface area contributed by atoms with Gasteiger partial charge in [-0.1, -0.05) is 28.1 Å². The van der Waals surface area contributed by atoms with Crippen LogP contribution in [0.5, 0.6) is 5.75 Å². The quantitative estimate of drug-likeness (QED) is 0.760. The molecule has 3 nitrogen and oxygen atoms in total. The van der Waals surface area contributed by atoms with E-state index in [2.05, 4.69) is 21.2 Å². The van der Waals surface area contributed by atoms with Crippen molar-refractivity contribution in [3.05, 3.63) is 63.9 Å². The van der Waals surface area contributed by atoms with Crippen LogP contribution in [0.3, 0.4) is 0 Å². The van der Waals surface area contributed by atoms with Crippen LogP contribution >= 0.6 is 15.9 Å². The highest BCUT2D eigenvalue weighted by Crippen LogP contribution is 2.24. The second kappa shape index (κ2) is 7.90. The van der Waals surface area contributed by atoms with Gasteiger partial charge < -0.3 is 15.2 Å². The van der Waals surface area contributed by atoms with Crippen molar-refractivity contribution in [2.75, 3.05) is 6.61 Å². The van der Waals surface area contributed by atoms with Crippen molar-refractivity contribution >= 4 is 15.9 Å². The fourth-order valence-electron chi connectivity index (χ4n) is 1.96. The Bertz CT molecular complexity index is 644. The van der Waals surface area contributed by atoms with Crippen molar-refractivity contribution in [2.45, 2.75) is 32.5 Å². The third-order valence-corrected chi connectivity index (χ3v) is 3.98. The maximum absolute atomic E-state index is 12.9. The summed E-state index contributed by atoms with van der Waals surface area (Å²) in [7, 11) is 0. The van der Waals surface area contributed by atoms with Gasteiger partial charge in [-0.2, -0.15) is 0 Å². The van der Waals surface area contributed by atoms with Gasteiger partial charge in [0.15, 0.2) is 0 Å². The standard InChI is InChI=1S/C18H21BrFNO2/c1-18(2,12-22)21-10-14-9-15(19)5-8-17(14)23-11-13-3-6-16(20)7-4-13/h3-9,21-22H,10-12H2,1-2H3. The van der Waals surface area contributed by atoms with E-state index in [4.69, 9.17) is 4.74 Å². The van der Waals surface area contributed by atoms with E-state index in [1.807, 2.05) is 32.0 Å². The number of benzene rings is 2. The molecule has 0 amide bonds. The average molecular weight is 382 g/mol. The van der Waals surface area contributed by atoms with E-state index in [0.29, 0.717) is 13.2 Å². The second-order valence-electron chi connectivity index (χ2n) is 6.06. The van der Waals surface area contributed by atoms with E-state index < -0.39 is 0 Å². The molecule has 0 spiro atoms. The van der Waals surface area contributed by atoms with Gasteiger partial charge in [-0.25, -0.2) is 4.39 Å². The van der Waals surface area contributed by atoms with Gasteiger partial charge in [0.1, 0.15) is 18.2 Å². The Balaban J connectivity index is 2.07. The van der Waals surface area contributed by atoms with Gasteiger partial charge in [0, 0.05) is 22.1 Å². The fourth-order valence-corrected chi connectivity index (χ4v) is 2.37. The Labute approximate surface area is 144 Å². The van der Waals surface area contributed by atoms with Crippen molar-refractivity contribution in [1.29, 1.82) is 0 Å². The van der Waals surface area contributed by atoms with Gasteiger partial charge in [0.05, 0.1) is 6.61 Å². The van der Waals surface area contributed by atoms with Gasteiger partial charge in [-0.05, 0) is 49.7 Å². The summed E-state index contributed by atoms with van der Waals surface area (Å²) in [4.78, 5) is 0. The maximum atomic E-state index is 12.9. The molecule has 2 N–H and O–H groups in total. The third kappa shape index (κ3) is 5.61. The Kier molecular flexibility index (Phi) is 6.16. The molecule has 0 heterocycles. The van der Waals surface area contributed by atoms with E-state index in [1.165, 1.54) is 12.1 Å². The summed E-state index contributed by atoms with van der Waals surface area (Å²) in [5.74, 6) is 0.507. The van der Waals surface area contributed by atoms with E-state index in [1.54, 1.807) is 12.1 Å². The normalized spacial score (nSPS) is 11.5. The molecule has 0 aliphatic rings. The number of hydrogen-bond donors (Lipinski definition) is 2. The van der Waals surface area contributed by atoms with Crippen LogP contribution in [0.1, 0.15) is 25.0 Å². The molecule has 23 heavy (non-hydrogen) atoms. The van der Waals surface area contributed by atoms with E-state index in [-0.39, 0.29) is 18.0 Å². The van der Waals surface area contributed by atoms with Crippen LogP contribution in [0, 0.1) is 5.82 Å². The van der Waals surface area contributed by atoms with Crippen LogP contribution in [0.25, 0.3) is 0 Å². The molecular formula is C18H21BrFNO2. The van der Waals surface area contributed by atoms with Gasteiger partial charge in [-0.15, -0.1) is 0 Å². The highest BCUT2D eigenvalue weighted by atomic mass is 79.9. The molecule has 2 rings (SSSR count). The summed E-state index contributed by atoms with van der Waals surface area (Å²) in [6, 6.07) is 12.1. The van der Waals surface area contributed by atoms with Crippen LogP contribution in [-0.4, -0.2) is 17.3 Å². The second-order valence-corrected chi connectivity index (χ2v) is 6.98. The molecule has 0 atom stereocenters. The molecule has 0 saturated heterocycles. The Morgan fingerprint density at radius 1 is 1.17 bits per heavy atom. The zero-order valence-corrected chi connectivity index (χ0v) is 14.9. The summed E-state index contributed by atoms with van der Waals surface area (Å²) >= 11 is 3.46. The molecule has 0 bridgehead atoms. The van der Waals surface area contributed by atoms with Crippen molar-refractivity contribution in [3.63, 3.8) is 0 Å². The largest absolute Gasteiger partial charge is 0.489 e. The number of aliphatic hydroxyl groups is 1. The molecule has 0 aliphatic carbocycles. The molecule has 0 fully saturated rings. The lowest BCUT2D eigenvalue weighted by Gasteiger charge is -2.24. The first-order valence-electron chi connectivity index (χ1n) is 7.41. The smallest absolute Gasteiger partial charge is 0.124 e. The van der Waals surface area contributed by atoms with E-state index in [0.717, 1.165) is 21.3 Å². The van der Waals surface area contributed by atoms with Gasteiger partial charge in [0.25, 0.3) is 0 Å². The van der Waals surface area contributed by atoms with Gasteiger partial charge in [-0.3, -0.25) is 0 Å². The SMILES string of the molecule is CC(C)(CO)NCc1cc(Br)ccc1OCc1ccc(F)cc1. The molecule has 0 unspecified atom stereocenters. The number of halogens is 2. The predicted octanol–water partition coefficient (Wildman–Crippen LogP) is 4.03. The minimum absolute atomic E-state index is 0.0484. The minimum Gasteiger partial charge on any atom is -0.489 e. The lowest BCUT2D eigenvalue weighted by Crippen LogP contribution is -2.42. The third-order valence-electron chi connectivity index (χ3n) is 3.48. The first-order valence-corrected chi connectivity index (χ1v) is 8.20. The first-order chi connectivity index (χ1) is 10.9. The predicted molar refractivity (Wildman–Crippen MR) is 92.9 cm³/mol. The number of nitrogens with one attached hydrogen (secondary N) is 1.